The quantitative estimate of drug-likeness (QED) is 0.401. The predicted molar refractivity (Wildman–Crippen MR) is 73.3 cm³/mol. The van der Waals surface area contributed by atoms with E-state index < -0.39 is 9.04 Å². The summed E-state index contributed by atoms with van der Waals surface area (Å²) in [5.74, 6) is 0. The third-order valence-electron chi connectivity index (χ3n) is 2.68. The summed E-state index contributed by atoms with van der Waals surface area (Å²) >= 11 is 0. The highest BCUT2D eigenvalue weighted by Gasteiger charge is 2.29. The molecule has 0 bridgehead atoms. The zero-order valence-electron chi connectivity index (χ0n) is 12.2. The Kier molecular flexibility index (Phi) is 6.83. The third-order valence-corrected chi connectivity index (χ3v) is 5.96. The van der Waals surface area contributed by atoms with Gasteiger partial charge >= 0.3 is 0 Å². The first-order valence-electron chi connectivity index (χ1n) is 6.36. The highest BCUT2D eigenvalue weighted by Crippen LogP contribution is 2.33. The molecule has 0 rings (SSSR count). The lowest BCUT2D eigenvalue weighted by atomic mass is 9.94. The summed E-state index contributed by atoms with van der Waals surface area (Å²) in [6.45, 7) is 17.0. The summed E-state index contributed by atoms with van der Waals surface area (Å²) in [4.78, 5) is 0. The van der Waals surface area contributed by atoms with E-state index in [1.807, 2.05) is 6.92 Å². The van der Waals surface area contributed by atoms with Crippen molar-refractivity contribution in [3.8, 4) is 0 Å². The van der Waals surface area contributed by atoms with Gasteiger partial charge in [0.05, 0.1) is 0 Å². The van der Waals surface area contributed by atoms with E-state index in [1.165, 1.54) is 12.5 Å². The summed E-state index contributed by atoms with van der Waals surface area (Å²) < 4.78 is 11.3. The van der Waals surface area contributed by atoms with Crippen molar-refractivity contribution in [2.24, 2.45) is 5.41 Å². The predicted octanol–water partition coefficient (Wildman–Crippen LogP) is 3.96. The van der Waals surface area contributed by atoms with Crippen LogP contribution in [-0.2, 0) is 9.16 Å². The summed E-state index contributed by atoms with van der Waals surface area (Å²) in [6.07, 6.45) is 1.24. The SMILES string of the molecule is CCOCO[SiH](CCC(C)(C)C)C(C)(C)C. The Balaban J connectivity index is 4.12. The van der Waals surface area contributed by atoms with Crippen molar-refractivity contribution in [1.29, 1.82) is 0 Å². The molecule has 0 aliphatic carbocycles. The molecule has 0 aliphatic rings. The molecule has 0 aromatic carbocycles. The van der Waals surface area contributed by atoms with Crippen LogP contribution < -0.4 is 0 Å². The largest absolute Gasteiger partial charge is 0.397 e. The van der Waals surface area contributed by atoms with Crippen molar-refractivity contribution < 1.29 is 9.16 Å². The van der Waals surface area contributed by atoms with Crippen LogP contribution in [0, 0.1) is 5.41 Å². The standard InChI is InChI=1S/C13H30O2Si/c1-8-14-11-15-16(13(5,6)7)10-9-12(2,3)4/h16H,8-11H2,1-7H3. The zero-order valence-corrected chi connectivity index (χ0v) is 13.4. The Morgan fingerprint density at radius 2 is 1.56 bits per heavy atom. The minimum absolute atomic E-state index is 0.322. The molecule has 0 N–H and O–H groups in total. The van der Waals surface area contributed by atoms with Gasteiger partial charge in [0.1, 0.15) is 6.79 Å². The van der Waals surface area contributed by atoms with Gasteiger partial charge in [0.25, 0.3) is 0 Å². The van der Waals surface area contributed by atoms with Crippen molar-refractivity contribution in [3.05, 3.63) is 0 Å². The molecule has 0 aromatic heterocycles. The molecule has 0 heterocycles. The normalized spacial score (nSPS) is 15.2. The molecule has 0 saturated heterocycles. The first kappa shape index (κ1) is 16.1. The van der Waals surface area contributed by atoms with Crippen molar-refractivity contribution in [1.82, 2.24) is 0 Å². The average molecular weight is 246 g/mol. The van der Waals surface area contributed by atoms with Crippen molar-refractivity contribution in [2.75, 3.05) is 13.4 Å². The van der Waals surface area contributed by atoms with Gasteiger partial charge in [-0.25, -0.2) is 0 Å². The van der Waals surface area contributed by atoms with E-state index in [0.717, 1.165) is 6.61 Å². The molecule has 0 amide bonds. The van der Waals surface area contributed by atoms with Crippen LogP contribution in [0.1, 0.15) is 54.9 Å². The van der Waals surface area contributed by atoms with Crippen molar-refractivity contribution in [2.45, 2.75) is 66.0 Å². The molecular formula is C13H30O2Si. The van der Waals surface area contributed by atoms with Crippen LogP contribution in [0.3, 0.4) is 0 Å². The maximum Gasteiger partial charge on any atom is 0.185 e. The lowest BCUT2D eigenvalue weighted by Crippen LogP contribution is -2.31. The van der Waals surface area contributed by atoms with E-state index in [9.17, 15) is 0 Å². The maximum atomic E-state index is 5.96. The minimum atomic E-state index is -1.18. The highest BCUT2D eigenvalue weighted by atomic mass is 28.3. The second-order valence-electron chi connectivity index (χ2n) is 6.73. The molecule has 0 spiro atoms. The molecular weight excluding hydrogens is 216 g/mol. The first-order chi connectivity index (χ1) is 7.17. The van der Waals surface area contributed by atoms with E-state index in [2.05, 4.69) is 41.5 Å². The Bertz CT molecular complexity index is 179. The van der Waals surface area contributed by atoms with Crippen LogP contribution in [0.4, 0.5) is 0 Å². The fraction of sp³-hybridized carbons (Fsp3) is 1.00. The van der Waals surface area contributed by atoms with Crippen LogP contribution in [0.2, 0.25) is 11.1 Å². The number of rotatable bonds is 6. The fourth-order valence-electron chi connectivity index (χ4n) is 1.54. The molecule has 0 aromatic rings. The average Bonchev–Trinajstić information content (AvgIpc) is 2.07. The molecule has 98 valence electrons. The van der Waals surface area contributed by atoms with E-state index in [4.69, 9.17) is 9.16 Å². The zero-order chi connectivity index (χ0) is 12.8. The number of hydrogen-bond donors (Lipinski definition) is 0. The lowest BCUT2D eigenvalue weighted by molar-refractivity contribution is 0.0169. The molecule has 0 radical (unpaired) electrons. The summed E-state index contributed by atoms with van der Waals surface area (Å²) in [7, 11) is -1.18. The molecule has 0 aliphatic heterocycles. The van der Waals surface area contributed by atoms with Gasteiger partial charge in [0, 0.05) is 6.61 Å². The Hall–Kier alpha value is 0.137. The molecule has 2 nitrogen and oxygen atoms in total. The second-order valence-corrected chi connectivity index (χ2v) is 10.4. The molecule has 16 heavy (non-hydrogen) atoms. The van der Waals surface area contributed by atoms with E-state index in [-0.39, 0.29) is 0 Å². The topological polar surface area (TPSA) is 18.5 Å². The summed E-state index contributed by atoms with van der Waals surface area (Å²) in [5.41, 5.74) is 0.408. The van der Waals surface area contributed by atoms with Gasteiger partial charge < -0.3 is 9.16 Å². The van der Waals surface area contributed by atoms with Gasteiger partial charge in [0.15, 0.2) is 9.04 Å². The van der Waals surface area contributed by atoms with Crippen molar-refractivity contribution >= 4 is 9.04 Å². The van der Waals surface area contributed by atoms with Gasteiger partial charge in [-0.3, -0.25) is 0 Å². The molecule has 0 fully saturated rings. The third kappa shape index (κ3) is 8.31. The van der Waals surface area contributed by atoms with E-state index >= 15 is 0 Å². The van der Waals surface area contributed by atoms with Crippen LogP contribution in [0.25, 0.3) is 0 Å². The Labute approximate surface area is 103 Å². The van der Waals surface area contributed by atoms with Gasteiger partial charge in [0.2, 0.25) is 0 Å². The highest BCUT2D eigenvalue weighted by molar-refractivity contribution is 6.55. The Morgan fingerprint density at radius 3 is 1.94 bits per heavy atom. The molecule has 0 saturated carbocycles. The molecule has 1 atom stereocenters. The fourth-order valence-corrected chi connectivity index (χ4v) is 4.47. The smallest absolute Gasteiger partial charge is 0.185 e. The van der Waals surface area contributed by atoms with Crippen LogP contribution >= 0.6 is 0 Å². The number of ether oxygens (including phenoxy) is 1. The van der Waals surface area contributed by atoms with Gasteiger partial charge in [-0.15, -0.1) is 0 Å². The van der Waals surface area contributed by atoms with Crippen LogP contribution in [-0.4, -0.2) is 22.4 Å². The second kappa shape index (κ2) is 6.77. The van der Waals surface area contributed by atoms with Gasteiger partial charge in [-0.2, -0.15) is 0 Å². The first-order valence-corrected chi connectivity index (χ1v) is 8.22. The summed E-state index contributed by atoms with van der Waals surface area (Å²) in [6, 6.07) is 1.24. The Morgan fingerprint density at radius 1 is 1.00 bits per heavy atom. The van der Waals surface area contributed by atoms with Crippen LogP contribution in [0.15, 0.2) is 0 Å². The minimum Gasteiger partial charge on any atom is -0.397 e. The molecule has 1 unspecified atom stereocenters. The van der Waals surface area contributed by atoms with Gasteiger partial charge in [-0.05, 0) is 29.8 Å². The van der Waals surface area contributed by atoms with E-state index in [0.29, 0.717) is 17.2 Å². The van der Waals surface area contributed by atoms with E-state index in [1.54, 1.807) is 0 Å². The lowest BCUT2D eigenvalue weighted by Gasteiger charge is -2.31. The van der Waals surface area contributed by atoms with Gasteiger partial charge in [-0.1, -0.05) is 41.5 Å². The van der Waals surface area contributed by atoms with Crippen molar-refractivity contribution in [3.63, 3.8) is 0 Å². The van der Waals surface area contributed by atoms with Crippen LogP contribution in [0.5, 0.6) is 0 Å². The number of hydrogen-bond acceptors (Lipinski definition) is 2. The maximum absolute atomic E-state index is 5.96. The summed E-state index contributed by atoms with van der Waals surface area (Å²) in [5, 5.41) is 0.322. The molecule has 3 heteroatoms. The monoisotopic (exact) mass is 246 g/mol.